The first-order chi connectivity index (χ1) is 10.2. The van der Waals surface area contributed by atoms with E-state index in [-0.39, 0.29) is 18.4 Å². The first-order valence-corrected chi connectivity index (χ1v) is 6.81. The van der Waals surface area contributed by atoms with Crippen LogP contribution in [0.15, 0.2) is 48.5 Å². The van der Waals surface area contributed by atoms with Gasteiger partial charge >= 0.3 is 0 Å². The van der Waals surface area contributed by atoms with Crippen LogP contribution in [0, 0.1) is 11.3 Å². The fourth-order valence-corrected chi connectivity index (χ4v) is 2.08. The number of hydrogen-bond donors (Lipinski definition) is 2. The molecule has 0 fully saturated rings. The Bertz CT molecular complexity index is 600. The number of aromatic hydroxyl groups is 1. The SMILES string of the molecule is CC(Cc1ccc(O)cc1)Nc1ccc(OCC#N)cc1. The lowest BCUT2D eigenvalue weighted by molar-refractivity contribution is 0.368. The molecule has 1 unspecified atom stereocenters. The molecule has 2 rings (SSSR count). The number of phenols is 1. The zero-order valence-corrected chi connectivity index (χ0v) is 11.9. The summed E-state index contributed by atoms with van der Waals surface area (Å²) in [6.07, 6.45) is 0.868. The summed E-state index contributed by atoms with van der Waals surface area (Å²) in [5, 5.41) is 21.1. The minimum atomic E-state index is 0.0596. The quantitative estimate of drug-likeness (QED) is 0.853. The molecule has 0 radical (unpaired) electrons. The van der Waals surface area contributed by atoms with Crippen molar-refractivity contribution in [2.24, 2.45) is 0 Å². The summed E-state index contributed by atoms with van der Waals surface area (Å²) >= 11 is 0. The third kappa shape index (κ3) is 4.73. The predicted molar refractivity (Wildman–Crippen MR) is 82.4 cm³/mol. The predicted octanol–water partition coefficient (Wildman–Crippen LogP) is 3.34. The zero-order chi connectivity index (χ0) is 15.1. The highest BCUT2D eigenvalue weighted by molar-refractivity contribution is 5.47. The van der Waals surface area contributed by atoms with E-state index in [1.54, 1.807) is 12.1 Å². The number of nitrogens with one attached hydrogen (secondary N) is 1. The van der Waals surface area contributed by atoms with Gasteiger partial charge in [0.1, 0.15) is 17.6 Å². The van der Waals surface area contributed by atoms with E-state index < -0.39 is 0 Å². The normalized spacial score (nSPS) is 11.4. The topological polar surface area (TPSA) is 65.3 Å². The second kappa shape index (κ2) is 7.20. The van der Waals surface area contributed by atoms with Crippen LogP contribution in [0.2, 0.25) is 0 Å². The van der Waals surface area contributed by atoms with Crippen LogP contribution in [-0.4, -0.2) is 17.8 Å². The van der Waals surface area contributed by atoms with E-state index in [9.17, 15) is 5.11 Å². The lowest BCUT2D eigenvalue weighted by Gasteiger charge is -2.15. The third-order valence-corrected chi connectivity index (χ3v) is 3.05. The van der Waals surface area contributed by atoms with Crippen LogP contribution in [0.25, 0.3) is 0 Å². The van der Waals surface area contributed by atoms with Crippen molar-refractivity contribution in [1.29, 1.82) is 5.26 Å². The number of nitrogens with zero attached hydrogens (tertiary/aromatic N) is 1. The van der Waals surface area contributed by atoms with Crippen molar-refractivity contribution >= 4 is 5.69 Å². The largest absolute Gasteiger partial charge is 0.508 e. The van der Waals surface area contributed by atoms with Gasteiger partial charge in [0.05, 0.1) is 0 Å². The molecule has 0 spiro atoms. The highest BCUT2D eigenvalue weighted by Crippen LogP contribution is 2.18. The Morgan fingerprint density at radius 1 is 1.14 bits per heavy atom. The molecule has 2 aromatic carbocycles. The summed E-state index contributed by atoms with van der Waals surface area (Å²) in [6, 6.07) is 17.0. The van der Waals surface area contributed by atoms with Crippen LogP contribution in [0.5, 0.6) is 11.5 Å². The van der Waals surface area contributed by atoms with Gasteiger partial charge in [0.15, 0.2) is 6.61 Å². The average Bonchev–Trinajstić information content (AvgIpc) is 2.49. The molecule has 0 aromatic heterocycles. The maximum atomic E-state index is 9.27. The minimum absolute atomic E-state index is 0.0596. The van der Waals surface area contributed by atoms with Crippen LogP contribution in [-0.2, 0) is 6.42 Å². The highest BCUT2D eigenvalue weighted by Gasteiger charge is 2.04. The van der Waals surface area contributed by atoms with E-state index in [1.807, 2.05) is 42.5 Å². The molecule has 0 aliphatic carbocycles. The van der Waals surface area contributed by atoms with E-state index in [2.05, 4.69) is 12.2 Å². The number of benzene rings is 2. The number of anilines is 1. The second-order valence-electron chi connectivity index (χ2n) is 4.89. The van der Waals surface area contributed by atoms with Gasteiger partial charge in [-0.3, -0.25) is 0 Å². The maximum absolute atomic E-state index is 9.27. The maximum Gasteiger partial charge on any atom is 0.174 e. The van der Waals surface area contributed by atoms with E-state index in [0.717, 1.165) is 12.1 Å². The Hall–Kier alpha value is -2.67. The van der Waals surface area contributed by atoms with Gasteiger partial charge in [-0.05, 0) is 55.3 Å². The van der Waals surface area contributed by atoms with E-state index in [1.165, 1.54) is 5.56 Å². The summed E-state index contributed by atoms with van der Waals surface area (Å²) in [5.74, 6) is 0.973. The van der Waals surface area contributed by atoms with Gasteiger partial charge in [-0.1, -0.05) is 12.1 Å². The van der Waals surface area contributed by atoms with E-state index >= 15 is 0 Å². The summed E-state index contributed by atoms with van der Waals surface area (Å²) in [4.78, 5) is 0. The lowest BCUT2D eigenvalue weighted by atomic mass is 10.1. The number of ether oxygens (including phenoxy) is 1. The highest BCUT2D eigenvalue weighted by atomic mass is 16.5. The van der Waals surface area contributed by atoms with Crippen molar-refractivity contribution < 1.29 is 9.84 Å². The summed E-state index contributed by atoms with van der Waals surface area (Å²) in [7, 11) is 0. The first-order valence-electron chi connectivity index (χ1n) is 6.81. The molecule has 0 amide bonds. The van der Waals surface area contributed by atoms with Crippen LogP contribution >= 0.6 is 0 Å². The van der Waals surface area contributed by atoms with Gasteiger partial charge in [0, 0.05) is 11.7 Å². The van der Waals surface area contributed by atoms with Gasteiger partial charge in [-0.15, -0.1) is 0 Å². The van der Waals surface area contributed by atoms with Crippen LogP contribution in [0.3, 0.4) is 0 Å². The average molecular weight is 282 g/mol. The molecular weight excluding hydrogens is 264 g/mol. The van der Waals surface area contributed by atoms with Crippen molar-refractivity contribution in [3.8, 4) is 17.6 Å². The second-order valence-corrected chi connectivity index (χ2v) is 4.89. The molecule has 0 aliphatic rings. The van der Waals surface area contributed by atoms with E-state index in [4.69, 9.17) is 10.00 Å². The smallest absolute Gasteiger partial charge is 0.174 e. The molecule has 0 aliphatic heterocycles. The Kier molecular flexibility index (Phi) is 5.05. The molecule has 108 valence electrons. The van der Waals surface area contributed by atoms with Crippen molar-refractivity contribution in [2.75, 3.05) is 11.9 Å². The molecular formula is C17H18N2O2. The number of hydrogen-bond acceptors (Lipinski definition) is 4. The molecule has 0 saturated carbocycles. The van der Waals surface area contributed by atoms with Gasteiger partial charge in [0.2, 0.25) is 0 Å². The molecule has 2 aromatic rings. The molecule has 0 saturated heterocycles. The molecule has 4 heteroatoms. The van der Waals surface area contributed by atoms with Crippen molar-refractivity contribution in [1.82, 2.24) is 0 Å². The molecule has 21 heavy (non-hydrogen) atoms. The number of rotatable bonds is 6. The Balaban J connectivity index is 1.88. The lowest BCUT2D eigenvalue weighted by Crippen LogP contribution is -2.17. The molecule has 0 bridgehead atoms. The monoisotopic (exact) mass is 282 g/mol. The Labute approximate surface area is 124 Å². The van der Waals surface area contributed by atoms with Crippen molar-refractivity contribution in [3.05, 3.63) is 54.1 Å². The van der Waals surface area contributed by atoms with Crippen LogP contribution in [0.4, 0.5) is 5.69 Å². The molecule has 2 N–H and O–H groups in total. The molecule has 0 heterocycles. The zero-order valence-electron chi connectivity index (χ0n) is 11.9. The van der Waals surface area contributed by atoms with E-state index in [0.29, 0.717) is 5.75 Å². The fourth-order valence-electron chi connectivity index (χ4n) is 2.08. The number of phenolic OH excluding ortho intramolecular Hbond substituents is 1. The van der Waals surface area contributed by atoms with Gasteiger partial charge < -0.3 is 15.2 Å². The summed E-state index contributed by atoms with van der Waals surface area (Å²) in [6.45, 7) is 2.16. The molecule has 1 atom stereocenters. The summed E-state index contributed by atoms with van der Waals surface area (Å²) < 4.78 is 5.21. The fraction of sp³-hybridized carbons (Fsp3) is 0.235. The minimum Gasteiger partial charge on any atom is -0.508 e. The summed E-state index contributed by atoms with van der Waals surface area (Å²) in [5.41, 5.74) is 2.17. The van der Waals surface area contributed by atoms with Gasteiger partial charge in [-0.25, -0.2) is 0 Å². The van der Waals surface area contributed by atoms with Gasteiger partial charge in [0.25, 0.3) is 0 Å². The first kappa shape index (κ1) is 14.7. The van der Waals surface area contributed by atoms with Crippen LogP contribution < -0.4 is 10.1 Å². The van der Waals surface area contributed by atoms with Crippen molar-refractivity contribution in [3.63, 3.8) is 0 Å². The third-order valence-electron chi connectivity index (χ3n) is 3.05. The Morgan fingerprint density at radius 2 is 1.81 bits per heavy atom. The Morgan fingerprint density at radius 3 is 2.43 bits per heavy atom. The van der Waals surface area contributed by atoms with Gasteiger partial charge in [-0.2, -0.15) is 5.26 Å². The molecule has 4 nitrogen and oxygen atoms in total. The van der Waals surface area contributed by atoms with Crippen molar-refractivity contribution in [2.45, 2.75) is 19.4 Å². The number of nitriles is 1. The standard InChI is InChI=1S/C17H18N2O2/c1-13(12-14-2-6-16(20)7-3-14)19-15-4-8-17(9-5-15)21-11-10-18/h2-9,13,19-20H,11-12H2,1H3. The van der Waals surface area contributed by atoms with Crippen LogP contribution in [0.1, 0.15) is 12.5 Å².